The van der Waals surface area contributed by atoms with Crippen molar-refractivity contribution in [1.82, 2.24) is 0 Å². The molecule has 3 heteroatoms. The minimum Gasteiger partial charge on any atom is -0.508 e. The Morgan fingerprint density at radius 1 is 1.06 bits per heavy atom. The molecule has 0 saturated heterocycles. The Morgan fingerprint density at radius 3 is 2.33 bits per heavy atom. The molecule has 0 bridgehead atoms. The normalized spacial score (nSPS) is 11.3. The van der Waals surface area contributed by atoms with E-state index in [0.717, 1.165) is 11.3 Å². The predicted octanol–water partition coefficient (Wildman–Crippen LogP) is 2.99. The van der Waals surface area contributed by atoms with Crippen molar-refractivity contribution in [3.8, 4) is 5.75 Å². The average Bonchev–Trinajstić information content (AvgIpc) is 2.40. The van der Waals surface area contributed by atoms with Crippen LogP contribution in [0.25, 0.3) is 0 Å². The van der Waals surface area contributed by atoms with Crippen molar-refractivity contribution in [1.29, 1.82) is 0 Å². The van der Waals surface area contributed by atoms with Crippen molar-refractivity contribution < 1.29 is 9.94 Å². The van der Waals surface area contributed by atoms with Crippen LogP contribution in [0.1, 0.15) is 11.1 Å². The van der Waals surface area contributed by atoms with Gasteiger partial charge in [-0.05, 0) is 35.4 Å². The Hall–Kier alpha value is -2.29. The van der Waals surface area contributed by atoms with Gasteiger partial charge in [-0.1, -0.05) is 35.5 Å². The van der Waals surface area contributed by atoms with Crippen molar-refractivity contribution in [2.24, 2.45) is 5.16 Å². The van der Waals surface area contributed by atoms with E-state index < -0.39 is 0 Å². The number of oxime groups is 1. The molecule has 2 aromatic carbocycles. The molecule has 0 aromatic heterocycles. The molecule has 0 aliphatic carbocycles. The molecule has 2 rings (SSSR count). The van der Waals surface area contributed by atoms with Gasteiger partial charge in [0.2, 0.25) is 0 Å². The average molecular weight is 241 g/mol. The minimum absolute atomic E-state index is 0.246. The van der Waals surface area contributed by atoms with Gasteiger partial charge in [0.05, 0.1) is 5.71 Å². The van der Waals surface area contributed by atoms with Gasteiger partial charge in [0.25, 0.3) is 0 Å². The fourth-order valence-electron chi connectivity index (χ4n) is 1.74. The van der Waals surface area contributed by atoms with Gasteiger partial charge in [0, 0.05) is 6.42 Å². The lowest BCUT2D eigenvalue weighted by molar-refractivity contribution is 0.213. The van der Waals surface area contributed by atoms with Gasteiger partial charge in [0.1, 0.15) is 12.9 Å². The first-order valence-electron chi connectivity index (χ1n) is 5.73. The quantitative estimate of drug-likeness (QED) is 0.660. The molecule has 2 aromatic rings. The molecule has 1 N–H and O–H groups in total. The van der Waals surface area contributed by atoms with Gasteiger partial charge < -0.3 is 9.94 Å². The van der Waals surface area contributed by atoms with Crippen LogP contribution in [0.5, 0.6) is 5.75 Å². The number of rotatable bonds is 4. The van der Waals surface area contributed by atoms with Crippen molar-refractivity contribution >= 4 is 5.71 Å². The maximum absolute atomic E-state index is 9.29. The van der Waals surface area contributed by atoms with Gasteiger partial charge in [-0.3, -0.25) is 0 Å². The standard InChI is InChI=1S/C15H15NO2/c1-18-16-15(11-12-5-3-2-4-6-12)13-7-9-14(17)10-8-13/h2-10,17H,11H2,1H3/b16-15+. The summed E-state index contributed by atoms with van der Waals surface area (Å²) < 4.78 is 0. The molecular formula is C15H15NO2. The molecule has 0 spiro atoms. The third-order valence-electron chi connectivity index (χ3n) is 2.62. The van der Waals surface area contributed by atoms with E-state index >= 15 is 0 Å². The van der Waals surface area contributed by atoms with Crippen LogP contribution >= 0.6 is 0 Å². The summed E-state index contributed by atoms with van der Waals surface area (Å²) >= 11 is 0. The van der Waals surface area contributed by atoms with Crippen molar-refractivity contribution in [2.75, 3.05) is 7.11 Å². The zero-order chi connectivity index (χ0) is 12.8. The van der Waals surface area contributed by atoms with E-state index in [4.69, 9.17) is 4.84 Å². The first-order valence-corrected chi connectivity index (χ1v) is 5.73. The van der Waals surface area contributed by atoms with E-state index in [1.165, 1.54) is 12.7 Å². The molecule has 0 unspecified atom stereocenters. The Morgan fingerprint density at radius 2 is 1.72 bits per heavy atom. The van der Waals surface area contributed by atoms with Crippen molar-refractivity contribution in [2.45, 2.75) is 6.42 Å². The molecule has 0 atom stereocenters. The van der Waals surface area contributed by atoms with Crippen LogP contribution in [0.2, 0.25) is 0 Å². The predicted molar refractivity (Wildman–Crippen MR) is 71.8 cm³/mol. The van der Waals surface area contributed by atoms with Crippen LogP contribution in [-0.2, 0) is 11.3 Å². The number of hydrogen-bond acceptors (Lipinski definition) is 3. The molecule has 0 aliphatic heterocycles. The molecule has 0 heterocycles. The highest BCUT2D eigenvalue weighted by molar-refractivity contribution is 6.01. The van der Waals surface area contributed by atoms with Crippen LogP contribution in [0.4, 0.5) is 0 Å². The Kier molecular flexibility index (Phi) is 3.97. The largest absolute Gasteiger partial charge is 0.508 e. The van der Waals surface area contributed by atoms with E-state index in [1.807, 2.05) is 42.5 Å². The molecule has 92 valence electrons. The lowest BCUT2D eigenvalue weighted by atomic mass is 10.0. The summed E-state index contributed by atoms with van der Waals surface area (Å²) in [6, 6.07) is 17.0. The summed E-state index contributed by atoms with van der Waals surface area (Å²) in [6.07, 6.45) is 0.694. The fourth-order valence-corrected chi connectivity index (χ4v) is 1.74. The Balaban J connectivity index is 2.24. The summed E-state index contributed by atoms with van der Waals surface area (Å²) in [5, 5.41) is 13.3. The Labute approximate surface area is 106 Å². The van der Waals surface area contributed by atoms with Crippen LogP contribution in [0, 0.1) is 0 Å². The van der Waals surface area contributed by atoms with Crippen LogP contribution < -0.4 is 0 Å². The number of phenols is 1. The number of phenolic OH excluding ortho intramolecular Hbond substituents is 1. The highest BCUT2D eigenvalue weighted by atomic mass is 16.6. The van der Waals surface area contributed by atoms with Gasteiger partial charge in [-0.25, -0.2) is 0 Å². The molecule has 18 heavy (non-hydrogen) atoms. The molecule has 0 aliphatic rings. The van der Waals surface area contributed by atoms with E-state index in [9.17, 15) is 5.11 Å². The molecule has 3 nitrogen and oxygen atoms in total. The second-order valence-corrected chi connectivity index (χ2v) is 3.93. The fraction of sp³-hybridized carbons (Fsp3) is 0.133. The summed E-state index contributed by atoms with van der Waals surface area (Å²) in [4.78, 5) is 4.89. The second-order valence-electron chi connectivity index (χ2n) is 3.93. The van der Waals surface area contributed by atoms with Gasteiger partial charge >= 0.3 is 0 Å². The zero-order valence-corrected chi connectivity index (χ0v) is 10.2. The minimum atomic E-state index is 0.246. The van der Waals surface area contributed by atoms with Gasteiger partial charge in [-0.2, -0.15) is 0 Å². The van der Waals surface area contributed by atoms with E-state index in [2.05, 4.69) is 5.16 Å². The maximum atomic E-state index is 9.29. The summed E-state index contributed by atoms with van der Waals surface area (Å²) in [7, 11) is 1.53. The first-order chi connectivity index (χ1) is 8.79. The van der Waals surface area contributed by atoms with Crippen molar-refractivity contribution in [3.05, 3.63) is 65.7 Å². The van der Waals surface area contributed by atoms with E-state index in [0.29, 0.717) is 6.42 Å². The topological polar surface area (TPSA) is 41.8 Å². The highest BCUT2D eigenvalue weighted by Crippen LogP contribution is 2.13. The lowest BCUT2D eigenvalue weighted by Crippen LogP contribution is -2.05. The number of nitrogens with zero attached hydrogens (tertiary/aromatic N) is 1. The smallest absolute Gasteiger partial charge is 0.115 e. The summed E-state index contributed by atoms with van der Waals surface area (Å²) in [5.41, 5.74) is 2.95. The molecule has 0 saturated carbocycles. The molecular weight excluding hydrogens is 226 g/mol. The molecule has 0 radical (unpaired) electrons. The monoisotopic (exact) mass is 241 g/mol. The van der Waals surface area contributed by atoms with Crippen LogP contribution in [0.3, 0.4) is 0 Å². The van der Waals surface area contributed by atoms with Crippen LogP contribution in [0.15, 0.2) is 59.8 Å². The highest BCUT2D eigenvalue weighted by Gasteiger charge is 2.06. The summed E-state index contributed by atoms with van der Waals surface area (Å²) in [5.74, 6) is 0.246. The van der Waals surface area contributed by atoms with E-state index in [1.54, 1.807) is 12.1 Å². The maximum Gasteiger partial charge on any atom is 0.115 e. The van der Waals surface area contributed by atoms with Gasteiger partial charge in [-0.15, -0.1) is 0 Å². The van der Waals surface area contributed by atoms with E-state index in [-0.39, 0.29) is 5.75 Å². The van der Waals surface area contributed by atoms with Crippen molar-refractivity contribution in [3.63, 3.8) is 0 Å². The number of hydrogen-bond donors (Lipinski definition) is 1. The Bertz CT molecular complexity index is 518. The van der Waals surface area contributed by atoms with Gasteiger partial charge in [0.15, 0.2) is 0 Å². The molecule has 0 fully saturated rings. The lowest BCUT2D eigenvalue weighted by Gasteiger charge is -2.06. The zero-order valence-electron chi connectivity index (χ0n) is 10.2. The third-order valence-corrected chi connectivity index (χ3v) is 2.62. The van der Waals surface area contributed by atoms with Crippen LogP contribution in [-0.4, -0.2) is 17.9 Å². The number of benzene rings is 2. The third kappa shape index (κ3) is 3.10. The second kappa shape index (κ2) is 5.87. The SMILES string of the molecule is CO/N=C(\Cc1ccccc1)c1ccc(O)cc1. The molecule has 0 amide bonds. The summed E-state index contributed by atoms with van der Waals surface area (Å²) in [6.45, 7) is 0. The number of aromatic hydroxyl groups is 1. The first kappa shape index (κ1) is 12.2.